The Bertz CT molecular complexity index is 1140. The monoisotopic (exact) mass is 512 g/mol. The number of hydrogen-bond acceptors (Lipinski definition) is 4. The van der Waals surface area contributed by atoms with Crippen molar-refractivity contribution in [3.05, 3.63) is 131 Å². The van der Waals surface area contributed by atoms with E-state index in [1.807, 2.05) is 0 Å². The predicted molar refractivity (Wildman–Crippen MR) is 155 cm³/mol. The molecule has 0 saturated heterocycles. The lowest BCUT2D eigenvalue weighted by Crippen LogP contribution is -2.09. The zero-order valence-corrected chi connectivity index (χ0v) is 22.4. The maximum atomic E-state index is 9.10. The third-order valence-corrected chi connectivity index (χ3v) is 5.59. The Labute approximate surface area is 225 Å². The minimum Gasteiger partial charge on any atom is -0.473 e. The first-order valence-electron chi connectivity index (χ1n) is 12.2. The molecule has 0 aliphatic carbocycles. The van der Waals surface area contributed by atoms with Crippen LogP contribution >= 0.6 is 0 Å². The maximum Gasteiger partial charge on any atom is 0.414 e. The summed E-state index contributed by atoms with van der Waals surface area (Å²) in [4.78, 5) is 22.4. The average molecular weight is 513 g/mol. The molecule has 0 heterocycles. The molecule has 0 aliphatic heterocycles. The zero-order chi connectivity index (χ0) is 27.9. The van der Waals surface area contributed by atoms with Crippen molar-refractivity contribution in [2.45, 2.75) is 12.8 Å². The summed E-state index contributed by atoms with van der Waals surface area (Å²) in [6.45, 7) is 0. The van der Waals surface area contributed by atoms with Crippen molar-refractivity contribution in [3.63, 3.8) is 0 Å². The Balaban J connectivity index is 0.000000221. The van der Waals surface area contributed by atoms with Crippen molar-refractivity contribution in [2.75, 3.05) is 38.0 Å². The number of anilines is 2. The van der Waals surface area contributed by atoms with E-state index in [2.05, 4.69) is 147 Å². The summed E-state index contributed by atoms with van der Waals surface area (Å²) in [5.74, 6) is -3.65. The summed E-state index contributed by atoms with van der Waals surface area (Å²) in [7, 11) is 8.25. The molecule has 4 aromatic rings. The van der Waals surface area contributed by atoms with Crippen LogP contribution < -0.4 is 9.80 Å². The van der Waals surface area contributed by atoms with Gasteiger partial charge < -0.3 is 20.0 Å². The molecule has 0 fully saturated rings. The van der Waals surface area contributed by atoms with Crippen LogP contribution in [0.3, 0.4) is 0 Å². The van der Waals surface area contributed by atoms with Crippen molar-refractivity contribution in [1.29, 1.82) is 0 Å². The summed E-state index contributed by atoms with van der Waals surface area (Å²) in [5, 5.41) is 14.8. The van der Waals surface area contributed by atoms with E-state index in [1.54, 1.807) is 0 Å². The highest BCUT2D eigenvalue weighted by atomic mass is 16.4. The van der Waals surface area contributed by atoms with Crippen LogP contribution in [0.4, 0.5) is 11.4 Å². The second-order valence-electron chi connectivity index (χ2n) is 9.06. The molecular weight excluding hydrogens is 476 g/mol. The molecule has 0 amide bonds. The van der Waals surface area contributed by atoms with Crippen molar-refractivity contribution < 1.29 is 19.8 Å². The summed E-state index contributed by atoms with van der Waals surface area (Å²) in [6, 6.07) is 38.6. The minimum absolute atomic E-state index is 1.01. The topological polar surface area (TPSA) is 81.1 Å². The lowest BCUT2D eigenvalue weighted by molar-refractivity contribution is -0.159. The molecule has 0 bridgehead atoms. The van der Waals surface area contributed by atoms with Crippen LogP contribution in [0.2, 0.25) is 0 Å². The summed E-state index contributed by atoms with van der Waals surface area (Å²) in [5.41, 5.74) is 7.93. The number of hydrogen-bond donors (Lipinski definition) is 2. The van der Waals surface area contributed by atoms with Gasteiger partial charge in [-0.25, -0.2) is 9.59 Å². The minimum atomic E-state index is -1.82. The third kappa shape index (κ3) is 11.0. The standard InChI is InChI=1S/2C15H17N.C2H2O4/c2*1-16(2)15-10-8-14(9-11-15)12-13-6-4-3-5-7-13;3-1(4)2(5)6/h2*3-11H,12H2,1-2H3;(H,3,4)(H,5,6). The second-order valence-corrected chi connectivity index (χ2v) is 9.06. The van der Waals surface area contributed by atoms with Gasteiger partial charge in [-0.05, 0) is 59.4 Å². The zero-order valence-electron chi connectivity index (χ0n) is 22.4. The van der Waals surface area contributed by atoms with E-state index in [9.17, 15) is 0 Å². The van der Waals surface area contributed by atoms with Gasteiger partial charge in [0.05, 0.1) is 0 Å². The van der Waals surface area contributed by atoms with E-state index in [4.69, 9.17) is 19.8 Å². The van der Waals surface area contributed by atoms with E-state index in [0.717, 1.165) is 12.8 Å². The first-order chi connectivity index (χ1) is 18.2. The van der Waals surface area contributed by atoms with Crippen molar-refractivity contribution >= 4 is 23.3 Å². The number of benzene rings is 4. The van der Waals surface area contributed by atoms with E-state index in [0.29, 0.717) is 0 Å². The van der Waals surface area contributed by atoms with Gasteiger partial charge in [-0.3, -0.25) is 0 Å². The van der Waals surface area contributed by atoms with Crippen LogP contribution in [0.15, 0.2) is 109 Å². The molecule has 0 radical (unpaired) electrons. The molecule has 4 aromatic carbocycles. The van der Waals surface area contributed by atoms with Gasteiger partial charge in [-0.15, -0.1) is 0 Å². The Morgan fingerprint density at radius 2 is 0.737 bits per heavy atom. The molecule has 4 rings (SSSR count). The fourth-order valence-electron chi connectivity index (χ4n) is 3.49. The van der Waals surface area contributed by atoms with Gasteiger partial charge >= 0.3 is 11.9 Å². The summed E-state index contributed by atoms with van der Waals surface area (Å²) < 4.78 is 0. The van der Waals surface area contributed by atoms with Gasteiger partial charge in [-0.2, -0.15) is 0 Å². The molecule has 0 aromatic heterocycles. The van der Waals surface area contributed by atoms with Crippen LogP contribution in [0.1, 0.15) is 22.3 Å². The van der Waals surface area contributed by atoms with E-state index >= 15 is 0 Å². The van der Waals surface area contributed by atoms with Crippen LogP contribution in [0.25, 0.3) is 0 Å². The maximum absolute atomic E-state index is 9.10. The smallest absolute Gasteiger partial charge is 0.414 e. The molecule has 0 spiro atoms. The molecule has 0 aliphatic rings. The number of nitrogens with zero attached hydrogens (tertiary/aromatic N) is 2. The van der Waals surface area contributed by atoms with Crippen molar-refractivity contribution in [2.24, 2.45) is 0 Å². The number of rotatable bonds is 6. The third-order valence-electron chi connectivity index (χ3n) is 5.59. The largest absolute Gasteiger partial charge is 0.473 e. The van der Waals surface area contributed by atoms with Gasteiger partial charge in [0.25, 0.3) is 0 Å². The van der Waals surface area contributed by atoms with Gasteiger partial charge in [0.15, 0.2) is 0 Å². The number of carboxylic acids is 2. The Morgan fingerprint density at radius 1 is 0.474 bits per heavy atom. The normalized spacial score (nSPS) is 9.68. The molecule has 0 atom stereocenters. The molecule has 2 N–H and O–H groups in total. The highest BCUT2D eigenvalue weighted by molar-refractivity contribution is 6.27. The lowest BCUT2D eigenvalue weighted by atomic mass is 10.0. The molecule has 0 unspecified atom stereocenters. The highest BCUT2D eigenvalue weighted by Gasteiger charge is 2.04. The quantitative estimate of drug-likeness (QED) is 0.316. The van der Waals surface area contributed by atoms with Gasteiger partial charge in [0.1, 0.15) is 0 Å². The first-order valence-corrected chi connectivity index (χ1v) is 12.2. The molecule has 198 valence electrons. The molecular formula is C32H36N2O4. The summed E-state index contributed by atoms with van der Waals surface area (Å²) in [6.07, 6.45) is 2.02. The van der Waals surface area contributed by atoms with Gasteiger partial charge in [-0.1, -0.05) is 84.9 Å². The Hall–Kier alpha value is -4.58. The molecule has 0 saturated carbocycles. The van der Waals surface area contributed by atoms with Crippen LogP contribution in [0.5, 0.6) is 0 Å². The predicted octanol–water partition coefficient (Wildman–Crippen LogP) is 5.84. The Morgan fingerprint density at radius 3 is 0.974 bits per heavy atom. The lowest BCUT2D eigenvalue weighted by Gasteiger charge is -2.12. The van der Waals surface area contributed by atoms with Crippen LogP contribution in [-0.4, -0.2) is 50.3 Å². The number of carbonyl (C=O) groups is 2. The first kappa shape index (κ1) is 29.6. The van der Waals surface area contributed by atoms with Gasteiger partial charge in [0, 0.05) is 39.6 Å². The fourth-order valence-corrected chi connectivity index (χ4v) is 3.49. The van der Waals surface area contributed by atoms with E-state index in [1.165, 1.54) is 33.6 Å². The highest BCUT2D eigenvalue weighted by Crippen LogP contribution is 2.16. The molecule has 6 nitrogen and oxygen atoms in total. The SMILES string of the molecule is CN(C)c1ccc(Cc2ccccc2)cc1.CN(C)c1ccc(Cc2ccccc2)cc1.O=C(O)C(=O)O. The summed E-state index contributed by atoms with van der Waals surface area (Å²) >= 11 is 0. The van der Waals surface area contributed by atoms with Crippen LogP contribution in [0, 0.1) is 0 Å². The van der Waals surface area contributed by atoms with E-state index in [-0.39, 0.29) is 0 Å². The molecule has 38 heavy (non-hydrogen) atoms. The van der Waals surface area contributed by atoms with Crippen molar-refractivity contribution in [3.8, 4) is 0 Å². The van der Waals surface area contributed by atoms with Gasteiger partial charge in [0.2, 0.25) is 0 Å². The van der Waals surface area contributed by atoms with E-state index < -0.39 is 11.9 Å². The number of carboxylic acid groups (broad SMARTS) is 2. The molecule has 6 heteroatoms. The second kappa shape index (κ2) is 15.5. The van der Waals surface area contributed by atoms with Crippen molar-refractivity contribution in [1.82, 2.24) is 0 Å². The van der Waals surface area contributed by atoms with Crippen LogP contribution in [-0.2, 0) is 22.4 Å². The fraction of sp³-hybridized carbons (Fsp3) is 0.188. The average Bonchev–Trinajstić information content (AvgIpc) is 2.91. The number of aliphatic carboxylic acids is 2. The Kier molecular flexibility index (Phi) is 12.1.